The van der Waals surface area contributed by atoms with Gasteiger partial charge in [0.05, 0.1) is 6.61 Å². The maximum absolute atomic E-state index is 11.5. The molecule has 0 aliphatic rings. The van der Waals surface area contributed by atoms with Crippen molar-refractivity contribution >= 4 is 7.60 Å². The minimum Gasteiger partial charge on any atom is -0.369 e. The van der Waals surface area contributed by atoms with Crippen molar-refractivity contribution < 1.29 is 18.7 Å². The Morgan fingerprint density at radius 1 is 1.31 bits per heavy atom. The SMILES string of the molecule is CCCCC(CC)COP(=O)(O)COCC. The average molecular weight is 252 g/mol. The first-order chi connectivity index (χ1) is 7.55. The first kappa shape index (κ1) is 16.1. The van der Waals surface area contributed by atoms with Gasteiger partial charge >= 0.3 is 7.60 Å². The van der Waals surface area contributed by atoms with Crippen molar-refractivity contribution in [1.29, 1.82) is 0 Å². The molecule has 4 nitrogen and oxygen atoms in total. The summed E-state index contributed by atoms with van der Waals surface area (Å²) in [5.41, 5.74) is 0. The van der Waals surface area contributed by atoms with E-state index in [4.69, 9.17) is 9.26 Å². The van der Waals surface area contributed by atoms with Gasteiger partial charge in [-0.3, -0.25) is 4.57 Å². The van der Waals surface area contributed by atoms with Crippen molar-refractivity contribution in [3.8, 4) is 0 Å². The summed E-state index contributed by atoms with van der Waals surface area (Å²) in [6.45, 7) is 6.79. The minimum atomic E-state index is -3.53. The van der Waals surface area contributed by atoms with Gasteiger partial charge in [-0.15, -0.1) is 0 Å². The lowest BCUT2D eigenvalue weighted by atomic mass is 10.0. The van der Waals surface area contributed by atoms with E-state index in [1.165, 1.54) is 0 Å². The Morgan fingerprint density at radius 3 is 2.50 bits per heavy atom. The lowest BCUT2D eigenvalue weighted by molar-refractivity contribution is 0.143. The number of hydrogen-bond acceptors (Lipinski definition) is 3. The smallest absolute Gasteiger partial charge is 0.353 e. The van der Waals surface area contributed by atoms with Crippen molar-refractivity contribution in [2.24, 2.45) is 5.92 Å². The van der Waals surface area contributed by atoms with Gasteiger partial charge in [0, 0.05) is 6.61 Å². The number of hydrogen-bond donors (Lipinski definition) is 1. The van der Waals surface area contributed by atoms with Crippen molar-refractivity contribution in [1.82, 2.24) is 0 Å². The summed E-state index contributed by atoms with van der Waals surface area (Å²) in [4.78, 5) is 9.42. The lowest BCUT2D eigenvalue weighted by Gasteiger charge is -2.17. The van der Waals surface area contributed by atoms with Gasteiger partial charge in [0.15, 0.2) is 0 Å². The summed E-state index contributed by atoms with van der Waals surface area (Å²) in [5.74, 6) is 0.377. The highest BCUT2D eigenvalue weighted by Crippen LogP contribution is 2.42. The van der Waals surface area contributed by atoms with Crippen LogP contribution in [0.2, 0.25) is 0 Å². The van der Waals surface area contributed by atoms with E-state index < -0.39 is 7.60 Å². The van der Waals surface area contributed by atoms with E-state index in [0.29, 0.717) is 19.1 Å². The quantitative estimate of drug-likeness (QED) is 0.605. The molecule has 1 N–H and O–H groups in total. The second kappa shape index (κ2) is 9.17. The van der Waals surface area contributed by atoms with Crippen LogP contribution >= 0.6 is 7.60 Å². The molecule has 0 saturated carbocycles. The Balaban J connectivity index is 3.85. The standard InChI is InChI=1S/C11H25O4P/c1-4-7-8-11(5-2)9-15-16(12,13)10-14-6-3/h11H,4-10H2,1-3H3,(H,12,13). The van der Waals surface area contributed by atoms with Gasteiger partial charge in [-0.25, -0.2) is 0 Å². The molecule has 0 aliphatic carbocycles. The summed E-state index contributed by atoms with van der Waals surface area (Å²) in [5, 5.41) is 0. The molecule has 0 rings (SSSR count). The summed E-state index contributed by atoms with van der Waals surface area (Å²) in [6.07, 6.45) is 4.12. The number of rotatable bonds is 10. The predicted octanol–water partition coefficient (Wildman–Crippen LogP) is 3.40. The minimum absolute atomic E-state index is 0.201. The fourth-order valence-electron chi connectivity index (χ4n) is 1.36. The van der Waals surface area contributed by atoms with Gasteiger partial charge in [-0.05, 0) is 19.3 Å². The van der Waals surface area contributed by atoms with Crippen molar-refractivity contribution in [2.45, 2.75) is 46.5 Å². The maximum Gasteiger partial charge on any atom is 0.353 e. The van der Waals surface area contributed by atoms with Crippen LogP contribution in [-0.2, 0) is 13.8 Å². The molecule has 0 spiro atoms. The Hall–Kier alpha value is 0.110. The third-order valence-corrected chi connectivity index (χ3v) is 3.58. The molecular formula is C11H25O4P. The van der Waals surface area contributed by atoms with Crippen LogP contribution in [0.5, 0.6) is 0 Å². The zero-order valence-electron chi connectivity index (χ0n) is 10.6. The Labute approximate surface area is 98.9 Å². The Bertz CT molecular complexity index is 208. The van der Waals surface area contributed by atoms with Crippen LogP contribution in [0.1, 0.15) is 46.5 Å². The van der Waals surface area contributed by atoms with Gasteiger partial charge in [0.1, 0.15) is 6.35 Å². The molecule has 16 heavy (non-hydrogen) atoms. The van der Waals surface area contributed by atoms with Crippen LogP contribution < -0.4 is 0 Å². The van der Waals surface area contributed by atoms with Crippen LogP contribution in [0.3, 0.4) is 0 Å². The largest absolute Gasteiger partial charge is 0.369 e. The molecule has 0 saturated heterocycles. The Morgan fingerprint density at radius 2 is 2.00 bits per heavy atom. The molecule has 0 aromatic carbocycles. The highest BCUT2D eigenvalue weighted by molar-refractivity contribution is 7.52. The van der Waals surface area contributed by atoms with Gasteiger partial charge in [0.25, 0.3) is 0 Å². The molecule has 0 heterocycles. The zero-order chi connectivity index (χ0) is 12.4. The summed E-state index contributed by atoms with van der Waals surface area (Å²) in [6, 6.07) is 0. The van der Waals surface area contributed by atoms with Gasteiger partial charge in [-0.1, -0.05) is 33.1 Å². The maximum atomic E-state index is 11.5. The summed E-state index contributed by atoms with van der Waals surface area (Å²) < 4.78 is 21.5. The third kappa shape index (κ3) is 8.28. The van der Waals surface area contributed by atoms with E-state index in [1.807, 2.05) is 0 Å². The molecule has 0 aromatic rings. The zero-order valence-corrected chi connectivity index (χ0v) is 11.5. The molecule has 0 amide bonds. The van der Waals surface area contributed by atoms with Crippen LogP contribution in [0.15, 0.2) is 0 Å². The summed E-state index contributed by atoms with van der Waals surface area (Å²) in [7, 11) is -3.53. The molecule has 0 bridgehead atoms. The average Bonchev–Trinajstić information content (AvgIpc) is 2.27. The molecule has 98 valence electrons. The van der Waals surface area contributed by atoms with Crippen molar-refractivity contribution in [3.05, 3.63) is 0 Å². The van der Waals surface area contributed by atoms with Gasteiger partial charge in [-0.2, -0.15) is 0 Å². The first-order valence-electron chi connectivity index (χ1n) is 6.09. The fraction of sp³-hybridized carbons (Fsp3) is 1.00. The van der Waals surface area contributed by atoms with E-state index in [1.54, 1.807) is 6.92 Å². The molecule has 0 aromatic heterocycles. The molecular weight excluding hydrogens is 227 g/mol. The van der Waals surface area contributed by atoms with E-state index in [-0.39, 0.29) is 6.35 Å². The normalized spacial score (nSPS) is 17.0. The predicted molar refractivity (Wildman–Crippen MR) is 65.6 cm³/mol. The highest BCUT2D eigenvalue weighted by atomic mass is 31.2. The molecule has 0 fully saturated rings. The lowest BCUT2D eigenvalue weighted by Crippen LogP contribution is -2.09. The fourth-order valence-corrected chi connectivity index (χ4v) is 2.30. The van der Waals surface area contributed by atoms with Gasteiger partial charge in [0.2, 0.25) is 0 Å². The van der Waals surface area contributed by atoms with E-state index >= 15 is 0 Å². The molecule has 0 aliphatic heterocycles. The van der Waals surface area contributed by atoms with Crippen LogP contribution in [-0.4, -0.2) is 24.5 Å². The van der Waals surface area contributed by atoms with E-state index in [2.05, 4.69) is 13.8 Å². The number of ether oxygens (including phenoxy) is 1. The molecule has 5 heteroatoms. The third-order valence-electron chi connectivity index (χ3n) is 2.51. The molecule has 0 radical (unpaired) electrons. The van der Waals surface area contributed by atoms with Crippen LogP contribution in [0.25, 0.3) is 0 Å². The number of unbranched alkanes of at least 4 members (excludes halogenated alkanes) is 1. The first-order valence-corrected chi connectivity index (χ1v) is 7.86. The van der Waals surface area contributed by atoms with E-state index in [0.717, 1.165) is 25.7 Å². The second-order valence-electron chi connectivity index (χ2n) is 3.97. The topological polar surface area (TPSA) is 55.8 Å². The second-order valence-corrected chi connectivity index (χ2v) is 5.76. The molecule has 2 atom stereocenters. The van der Waals surface area contributed by atoms with Crippen molar-refractivity contribution in [2.75, 3.05) is 19.6 Å². The van der Waals surface area contributed by atoms with Crippen LogP contribution in [0, 0.1) is 5.92 Å². The van der Waals surface area contributed by atoms with Crippen LogP contribution in [0.4, 0.5) is 0 Å². The van der Waals surface area contributed by atoms with Crippen molar-refractivity contribution in [3.63, 3.8) is 0 Å². The highest BCUT2D eigenvalue weighted by Gasteiger charge is 2.21. The summed E-state index contributed by atoms with van der Waals surface area (Å²) >= 11 is 0. The Kier molecular flexibility index (Phi) is 9.24. The monoisotopic (exact) mass is 252 g/mol. The van der Waals surface area contributed by atoms with E-state index in [9.17, 15) is 9.46 Å². The molecule has 2 unspecified atom stereocenters. The van der Waals surface area contributed by atoms with Gasteiger partial charge < -0.3 is 14.2 Å².